The Balaban J connectivity index is 1.91. The van der Waals surface area contributed by atoms with Gasteiger partial charge in [0, 0.05) is 10.9 Å². The van der Waals surface area contributed by atoms with Crippen molar-refractivity contribution in [1.82, 2.24) is 4.98 Å². The van der Waals surface area contributed by atoms with E-state index < -0.39 is 0 Å². The number of aromatic hydroxyl groups is 1. The second-order valence-corrected chi connectivity index (χ2v) is 5.34. The summed E-state index contributed by atoms with van der Waals surface area (Å²) in [5, 5.41) is 14.4. The number of carbonyl (C=O) groups is 2. The van der Waals surface area contributed by atoms with E-state index in [1.54, 1.807) is 30.5 Å². The molecule has 22 heavy (non-hydrogen) atoms. The first-order valence-electron chi connectivity index (χ1n) is 6.75. The van der Waals surface area contributed by atoms with Crippen molar-refractivity contribution in [2.75, 3.05) is 11.9 Å². The molecule has 6 nitrogen and oxygen atoms in total. The molecule has 0 radical (unpaired) electrons. The van der Waals surface area contributed by atoms with E-state index in [2.05, 4.69) is 10.3 Å². The second kappa shape index (κ2) is 7.56. The van der Waals surface area contributed by atoms with Crippen molar-refractivity contribution in [3.05, 3.63) is 40.9 Å². The Morgan fingerprint density at radius 2 is 2.09 bits per heavy atom. The normalized spacial score (nSPS) is 10.2. The number of hydrogen-bond donors (Lipinski definition) is 2. The fourth-order valence-electron chi connectivity index (χ4n) is 1.80. The smallest absolute Gasteiger partial charge is 0.311 e. The molecule has 0 fully saturated rings. The van der Waals surface area contributed by atoms with Gasteiger partial charge in [-0.15, -0.1) is 11.3 Å². The van der Waals surface area contributed by atoms with Gasteiger partial charge in [0.05, 0.1) is 25.1 Å². The third kappa shape index (κ3) is 4.56. The van der Waals surface area contributed by atoms with Gasteiger partial charge >= 0.3 is 5.97 Å². The molecular formula is C15H16N2O4S. The van der Waals surface area contributed by atoms with E-state index in [9.17, 15) is 14.7 Å². The maximum atomic E-state index is 11.9. The molecule has 0 saturated heterocycles. The average Bonchev–Trinajstić information content (AvgIpc) is 2.88. The highest BCUT2D eigenvalue weighted by Gasteiger charge is 2.12. The molecule has 0 spiro atoms. The van der Waals surface area contributed by atoms with Gasteiger partial charge in [-0.1, -0.05) is 18.2 Å². The Morgan fingerprint density at radius 1 is 1.32 bits per heavy atom. The monoisotopic (exact) mass is 320 g/mol. The van der Waals surface area contributed by atoms with Crippen LogP contribution in [0.15, 0.2) is 29.6 Å². The topological polar surface area (TPSA) is 88.5 Å². The zero-order chi connectivity index (χ0) is 15.9. The molecule has 2 aromatic rings. The number of phenolic OH excluding ortho intramolecular Hbond substituents is 1. The van der Waals surface area contributed by atoms with E-state index in [1.165, 1.54) is 17.4 Å². The van der Waals surface area contributed by atoms with E-state index in [-0.39, 0.29) is 30.5 Å². The maximum absolute atomic E-state index is 11.9. The number of rotatable bonds is 6. The quantitative estimate of drug-likeness (QED) is 0.796. The van der Waals surface area contributed by atoms with Crippen LogP contribution in [0.2, 0.25) is 0 Å². The van der Waals surface area contributed by atoms with Crippen LogP contribution in [0, 0.1) is 0 Å². The van der Waals surface area contributed by atoms with Crippen molar-refractivity contribution in [2.24, 2.45) is 0 Å². The van der Waals surface area contributed by atoms with E-state index in [0.29, 0.717) is 23.0 Å². The maximum Gasteiger partial charge on any atom is 0.311 e. The van der Waals surface area contributed by atoms with E-state index in [0.717, 1.165) is 0 Å². The van der Waals surface area contributed by atoms with E-state index in [1.807, 2.05) is 0 Å². The van der Waals surface area contributed by atoms with Gasteiger partial charge < -0.3 is 15.2 Å². The van der Waals surface area contributed by atoms with Gasteiger partial charge in [-0.25, -0.2) is 4.98 Å². The van der Waals surface area contributed by atoms with Crippen molar-refractivity contribution in [3.63, 3.8) is 0 Å². The van der Waals surface area contributed by atoms with Crippen LogP contribution in [-0.2, 0) is 27.2 Å². The first-order valence-corrected chi connectivity index (χ1v) is 7.63. The number of phenols is 1. The van der Waals surface area contributed by atoms with Crippen LogP contribution >= 0.6 is 11.3 Å². The highest BCUT2D eigenvalue weighted by Crippen LogP contribution is 2.19. The molecule has 0 aliphatic heterocycles. The van der Waals surface area contributed by atoms with Crippen LogP contribution in [0.5, 0.6) is 5.75 Å². The number of aromatic nitrogens is 1. The summed E-state index contributed by atoms with van der Waals surface area (Å²) < 4.78 is 4.84. The molecule has 1 heterocycles. The van der Waals surface area contributed by atoms with Crippen molar-refractivity contribution in [2.45, 2.75) is 19.8 Å². The van der Waals surface area contributed by atoms with Crippen LogP contribution in [-0.4, -0.2) is 28.6 Å². The largest absolute Gasteiger partial charge is 0.508 e. The Hall–Kier alpha value is -2.41. The zero-order valence-corrected chi connectivity index (χ0v) is 12.9. The van der Waals surface area contributed by atoms with Crippen molar-refractivity contribution in [1.29, 1.82) is 0 Å². The lowest BCUT2D eigenvalue weighted by Crippen LogP contribution is -2.14. The van der Waals surface area contributed by atoms with E-state index >= 15 is 0 Å². The molecule has 0 aliphatic carbocycles. The lowest BCUT2D eigenvalue weighted by atomic mass is 10.1. The number of para-hydroxylation sites is 1. The SMILES string of the molecule is CCOC(=O)Cc1csc(NC(=O)Cc2ccccc2O)n1. The molecule has 0 atom stereocenters. The predicted octanol–water partition coefficient (Wildman–Crippen LogP) is 2.14. The Bertz CT molecular complexity index is 669. The lowest BCUT2D eigenvalue weighted by Gasteiger charge is -2.04. The zero-order valence-electron chi connectivity index (χ0n) is 12.0. The Labute approximate surface area is 131 Å². The number of hydrogen-bond acceptors (Lipinski definition) is 6. The summed E-state index contributed by atoms with van der Waals surface area (Å²) in [6, 6.07) is 6.66. The summed E-state index contributed by atoms with van der Waals surface area (Å²) in [4.78, 5) is 27.4. The van der Waals surface area contributed by atoms with Crippen molar-refractivity contribution < 1.29 is 19.4 Å². The molecule has 0 bridgehead atoms. The molecule has 2 N–H and O–H groups in total. The number of carbonyl (C=O) groups excluding carboxylic acids is 2. The summed E-state index contributed by atoms with van der Waals surface area (Å²) in [7, 11) is 0. The summed E-state index contributed by atoms with van der Waals surface area (Å²) in [6.45, 7) is 2.07. The van der Waals surface area contributed by atoms with Gasteiger partial charge in [0.15, 0.2) is 5.13 Å². The summed E-state index contributed by atoms with van der Waals surface area (Å²) in [6.07, 6.45) is 0.138. The Kier molecular flexibility index (Phi) is 5.48. The third-order valence-corrected chi connectivity index (χ3v) is 3.58. The van der Waals surface area contributed by atoms with Crippen molar-refractivity contribution >= 4 is 28.3 Å². The fourth-order valence-corrected chi connectivity index (χ4v) is 2.53. The van der Waals surface area contributed by atoms with Crippen LogP contribution < -0.4 is 5.32 Å². The molecule has 0 unspecified atom stereocenters. The van der Waals surface area contributed by atoms with Gasteiger partial charge in [0.2, 0.25) is 5.91 Å². The summed E-state index contributed by atoms with van der Waals surface area (Å²) in [5.74, 6) is -0.543. The van der Waals surface area contributed by atoms with Gasteiger partial charge in [-0.05, 0) is 13.0 Å². The molecule has 1 aromatic heterocycles. The average molecular weight is 320 g/mol. The molecule has 116 valence electrons. The minimum absolute atomic E-state index is 0.0550. The molecule has 0 aliphatic rings. The number of amides is 1. The first-order chi connectivity index (χ1) is 10.6. The van der Waals surface area contributed by atoms with Gasteiger partial charge in [0.1, 0.15) is 5.75 Å². The molecule has 0 saturated carbocycles. The fraction of sp³-hybridized carbons (Fsp3) is 0.267. The number of thiazole rings is 1. The Morgan fingerprint density at radius 3 is 2.82 bits per heavy atom. The van der Waals surface area contributed by atoms with E-state index in [4.69, 9.17) is 4.74 Å². The molecule has 2 rings (SSSR count). The number of benzene rings is 1. The second-order valence-electron chi connectivity index (χ2n) is 4.48. The van der Waals surface area contributed by atoms with Crippen LogP contribution in [0.25, 0.3) is 0 Å². The van der Waals surface area contributed by atoms with Gasteiger partial charge in [0.25, 0.3) is 0 Å². The number of ether oxygens (including phenoxy) is 1. The van der Waals surface area contributed by atoms with Crippen LogP contribution in [0.1, 0.15) is 18.2 Å². The standard InChI is InChI=1S/C15H16N2O4S/c1-2-21-14(20)8-11-9-22-15(16-11)17-13(19)7-10-5-3-4-6-12(10)18/h3-6,9,18H,2,7-8H2,1H3,(H,16,17,19). The highest BCUT2D eigenvalue weighted by atomic mass is 32.1. The molecule has 1 aromatic carbocycles. The lowest BCUT2D eigenvalue weighted by molar-refractivity contribution is -0.142. The summed E-state index contributed by atoms with van der Waals surface area (Å²) >= 11 is 1.24. The molecule has 7 heteroatoms. The number of nitrogens with one attached hydrogen (secondary N) is 1. The minimum atomic E-state index is -0.347. The van der Waals surface area contributed by atoms with Gasteiger partial charge in [-0.2, -0.15) is 0 Å². The number of nitrogens with zero attached hydrogens (tertiary/aromatic N) is 1. The van der Waals surface area contributed by atoms with Crippen molar-refractivity contribution in [3.8, 4) is 5.75 Å². The van der Waals surface area contributed by atoms with Crippen LogP contribution in [0.4, 0.5) is 5.13 Å². The minimum Gasteiger partial charge on any atom is -0.508 e. The molecular weight excluding hydrogens is 304 g/mol. The van der Waals surface area contributed by atoms with Gasteiger partial charge in [-0.3, -0.25) is 9.59 Å². The predicted molar refractivity (Wildman–Crippen MR) is 82.9 cm³/mol. The first kappa shape index (κ1) is 16.0. The number of esters is 1. The number of anilines is 1. The van der Waals surface area contributed by atoms with Crippen LogP contribution in [0.3, 0.4) is 0 Å². The highest BCUT2D eigenvalue weighted by molar-refractivity contribution is 7.13. The summed E-state index contributed by atoms with van der Waals surface area (Å²) in [5.41, 5.74) is 1.10. The third-order valence-electron chi connectivity index (χ3n) is 2.77. The molecule has 1 amide bonds.